The fourth-order valence-corrected chi connectivity index (χ4v) is 4.30. The van der Waals surface area contributed by atoms with Crippen LogP contribution >= 0.6 is 0 Å². The lowest BCUT2D eigenvalue weighted by Gasteiger charge is -2.36. The van der Waals surface area contributed by atoms with Crippen molar-refractivity contribution in [3.8, 4) is 0 Å². The first-order chi connectivity index (χ1) is 14.0. The van der Waals surface area contributed by atoms with Crippen molar-refractivity contribution in [3.05, 3.63) is 22.5 Å². The molecule has 0 radical (unpaired) electrons. The van der Waals surface area contributed by atoms with Crippen LogP contribution in [0.1, 0.15) is 58.3 Å². The van der Waals surface area contributed by atoms with E-state index in [9.17, 15) is 14.4 Å². The lowest BCUT2D eigenvalue weighted by molar-refractivity contribution is -0.141. The number of hydrogen-bond donors (Lipinski definition) is 1. The number of H-pyrrole nitrogens is 1. The van der Waals surface area contributed by atoms with E-state index in [2.05, 4.69) is 4.98 Å². The Morgan fingerprint density at radius 1 is 1.17 bits per heavy atom. The highest BCUT2D eigenvalue weighted by molar-refractivity contribution is 6.01. The number of aromatic amines is 1. The first-order valence-corrected chi connectivity index (χ1v) is 10.4. The van der Waals surface area contributed by atoms with Gasteiger partial charge in [-0.05, 0) is 31.7 Å². The largest absolute Gasteiger partial charge is 0.465 e. The number of carbonyl (C=O) groups excluding carboxylic acids is 3. The number of likely N-dealkylation sites (tertiary alicyclic amines) is 1. The van der Waals surface area contributed by atoms with Gasteiger partial charge in [-0.3, -0.25) is 9.59 Å². The maximum absolute atomic E-state index is 13.3. The summed E-state index contributed by atoms with van der Waals surface area (Å²) >= 11 is 0. The second-order valence-corrected chi connectivity index (χ2v) is 7.75. The topological polar surface area (TPSA) is 91.9 Å². The van der Waals surface area contributed by atoms with Crippen LogP contribution in [0.2, 0.25) is 0 Å². The van der Waals surface area contributed by atoms with Crippen molar-refractivity contribution < 1.29 is 23.9 Å². The molecule has 1 unspecified atom stereocenters. The summed E-state index contributed by atoms with van der Waals surface area (Å²) in [6, 6.07) is 0. The third-order valence-corrected chi connectivity index (χ3v) is 5.78. The van der Waals surface area contributed by atoms with Gasteiger partial charge in [-0.25, -0.2) is 4.79 Å². The summed E-state index contributed by atoms with van der Waals surface area (Å²) in [4.78, 5) is 45.1. The highest BCUT2D eigenvalue weighted by atomic mass is 16.5. The molecule has 29 heavy (non-hydrogen) atoms. The van der Waals surface area contributed by atoms with Crippen LogP contribution in [0.15, 0.2) is 0 Å². The number of nitrogens with zero attached hydrogens (tertiary/aromatic N) is 2. The highest BCUT2D eigenvalue weighted by Crippen LogP contribution is 2.26. The second kappa shape index (κ2) is 9.43. The zero-order chi connectivity index (χ0) is 21.0. The number of ether oxygens (including phenoxy) is 2. The van der Waals surface area contributed by atoms with Gasteiger partial charge in [0.2, 0.25) is 5.91 Å². The van der Waals surface area contributed by atoms with Gasteiger partial charge < -0.3 is 24.3 Å². The van der Waals surface area contributed by atoms with Gasteiger partial charge in [-0.2, -0.15) is 0 Å². The van der Waals surface area contributed by atoms with Gasteiger partial charge in [0.05, 0.1) is 31.8 Å². The minimum atomic E-state index is -0.430. The second-order valence-electron chi connectivity index (χ2n) is 7.75. The molecule has 1 atom stereocenters. The molecule has 1 N–H and O–H groups in total. The number of methoxy groups -OCH3 is 1. The number of rotatable bonds is 5. The van der Waals surface area contributed by atoms with Crippen LogP contribution in [0.3, 0.4) is 0 Å². The third kappa shape index (κ3) is 4.47. The molecule has 0 saturated carbocycles. The minimum absolute atomic E-state index is 0.109. The van der Waals surface area contributed by atoms with E-state index in [4.69, 9.17) is 9.47 Å². The van der Waals surface area contributed by atoms with Gasteiger partial charge in [0.1, 0.15) is 5.69 Å². The van der Waals surface area contributed by atoms with E-state index in [-0.39, 0.29) is 17.7 Å². The lowest BCUT2D eigenvalue weighted by atomic mass is 9.95. The monoisotopic (exact) mass is 405 g/mol. The van der Waals surface area contributed by atoms with Crippen molar-refractivity contribution in [1.29, 1.82) is 0 Å². The summed E-state index contributed by atoms with van der Waals surface area (Å²) in [5, 5.41) is 0. The molecule has 2 saturated heterocycles. The van der Waals surface area contributed by atoms with E-state index in [0.717, 1.165) is 19.3 Å². The van der Waals surface area contributed by atoms with Crippen molar-refractivity contribution in [2.75, 3.05) is 46.5 Å². The Balaban J connectivity index is 1.79. The van der Waals surface area contributed by atoms with Crippen LogP contribution in [0.25, 0.3) is 0 Å². The number of aromatic nitrogens is 1. The molecule has 2 fully saturated rings. The summed E-state index contributed by atoms with van der Waals surface area (Å²) in [6.07, 6.45) is 3.00. The van der Waals surface area contributed by atoms with Crippen molar-refractivity contribution >= 4 is 17.8 Å². The standard InChI is InChI=1S/C21H31N3O5/c1-4-6-16-17(21(27)28-3)14(2)22-18(16)20(26)24-8-5-7-15(13-24)19(25)23-9-11-29-12-10-23/h15,22H,4-13H2,1-3H3. The Morgan fingerprint density at radius 2 is 1.90 bits per heavy atom. The van der Waals surface area contributed by atoms with Gasteiger partial charge >= 0.3 is 5.97 Å². The van der Waals surface area contributed by atoms with Crippen molar-refractivity contribution in [1.82, 2.24) is 14.8 Å². The molecule has 2 aliphatic rings. The SMILES string of the molecule is CCCc1c(C(=O)N2CCCC(C(=O)N3CCOCC3)C2)[nH]c(C)c1C(=O)OC. The first-order valence-electron chi connectivity index (χ1n) is 10.4. The van der Waals surface area contributed by atoms with Gasteiger partial charge in [0.15, 0.2) is 0 Å². The molecule has 8 heteroatoms. The van der Waals surface area contributed by atoms with Crippen LogP contribution < -0.4 is 0 Å². The Hall–Kier alpha value is -2.35. The molecule has 0 aromatic carbocycles. The van der Waals surface area contributed by atoms with Gasteiger partial charge in [-0.1, -0.05) is 13.3 Å². The van der Waals surface area contributed by atoms with E-state index in [1.54, 1.807) is 11.8 Å². The van der Waals surface area contributed by atoms with Crippen molar-refractivity contribution in [2.45, 2.75) is 39.5 Å². The minimum Gasteiger partial charge on any atom is -0.465 e. The summed E-state index contributed by atoms with van der Waals surface area (Å²) in [6.45, 7) is 7.18. The molecule has 160 valence electrons. The highest BCUT2D eigenvalue weighted by Gasteiger charge is 2.34. The number of hydrogen-bond acceptors (Lipinski definition) is 5. The smallest absolute Gasteiger partial charge is 0.339 e. The molecule has 1 aromatic rings. The van der Waals surface area contributed by atoms with Crippen LogP contribution in [0.5, 0.6) is 0 Å². The molecular weight excluding hydrogens is 374 g/mol. The number of nitrogens with one attached hydrogen (secondary N) is 1. The molecule has 2 aliphatic heterocycles. The van der Waals surface area contributed by atoms with Crippen LogP contribution in [0.4, 0.5) is 0 Å². The average molecular weight is 405 g/mol. The van der Waals surface area contributed by atoms with Gasteiger partial charge in [-0.15, -0.1) is 0 Å². The Morgan fingerprint density at radius 3 is 2.55 bits per heavy atom. The third-order valence-electron chi connectivity index (χ3n) is 5.78. The number of piperidine rings is 1. The molecule has 0 spiro atoms. The number of amides is 2. The summed E-state index contributed by atoms with van der Waals surface area (Å²) in [5.41, 5.74) is 2.25. The molecule has 2 amide bonds. The predicted octanol–water partition coefficient (Wildman–Crippen LogP) is 1.77. The number of esters is 1. The Bertz CT molecular complexity index is 767. The molecule has 0 aliphatic carbocycles. The fourth-order valence-electron chi connectivity index (χ4n) is 4.30. The fraction of sp³-hybridized carbons (Fsp3) is 0.667. The normalized spacial score (nSPS) is 19.9. The van der Waals surface area contributed by atoms with Crippen molar-refractivity contribution in [3.63, 3.8) is 0 Å². The summed E-state index contributed by atoms with van der Waals surface area (Å²) in [5.74, 6) is -0.652. The van der Waals surface area contributed by atoms with Gasteiger partial charge in [0, 0.05) is 31.9 Å². The molecule has 1 aromatic heterocycles. The zero-order valence-electron chi connectivity index (χ0n) is 17.6. The summed E-state index contributed by atoms with van der Waals surface area (Å²) < 4.78 is 10.2. The van der Waals surface area contributed by atoms with E-state index < -0.39 is 5.97 Å². The molecule has 0 bridgehead atoms. The van der Waals surface area contributed by atoms with Crippen LogP contribution in [0, 0.1) is 12.8 Å². The zero-order valence-corrected chi connectivity index (χ0v) is 17.6. The predicted molar refractivity (Wildman–Crippen MR) is 107 cm³/mol. The Labute approximate surface area is 171 Å². The number of aryl methyl sites for hydroxylation is 1. The van der Waals surface area contributed by atoms with E-state index >= 15 is 0 Å². The maximum Gasteiger partial charge on any atom is 0.339 e. The molecular formula is C21H31N3O5. The first kappa shape index (κ1) is 21.4. The molecule has 8 nitrogen and oxygen atoms in total. The number of carbonyl (C=O) groups is 3. The van der Waals surface area contributed by atoms with Gasteiger partial charge in [0.25, 0.3) is 5.91 Å². The van der Waals surface area contributed by atoms with Crippen molar-refractivity contribution in [2.24, 2.45) is 5.92 Å². The molecule has 3 rings (SSSR count). The Kier molecular flexibility index (Phi) is 6.95. The average Bonchev–Trinajstić information content (AvgIpc) is 3.09. The quantitative estimate of drug-likeness (QED) is 0.754. The molecule has 3 heterocycles. The van der Waals surface area contributed by atoms with E-state index in [1.165, 1.54) is 7.11 Å². The van der Waals surface area contributed by atoms with Crippen LogP contribution in [-0.2, 0) is 20.7 Å². The van der Waals surface area contributed by atoms with E-state index in [1.807, 2.05) is 11.8 Å². The summed E-state index contributed by atoms with van der Waals surface area (Å²) in [7, 11) is 1.35. The van der Waals surface area contributed by atoms with Crippen LogP contribution in [-0.4, -0.2) is 79.1 Å². The number of morpholine rings is 1. The maximum atomic E-state index is 13.3. The van der Waals surface area contributed by atoms with E-state index in [0.29, 0.717) is 68.3 Å². The lowest BCUT2D eigenvalue weighted by Crippen LogP contribution is -2.49.